The maximum atomic E-state index is 12.1. The second-order valence-electron chi connectivity index (χ2n) is 4.37. The SMILES string of the molecule is CC[C@H](C)[C@@H](NC(=O)c1cccc(Cl)c1)C(=O)OC. The summed E-state index contributed by atoms with van der Waals surface area (Å²) in [5.74, 6) is -0.779. The zero-order valence-electron chi connectivity index (χ0n) is 11.3. The van der Waals surface area contributed by atoms with E-state index in [2.05, 4.69) is 5.32 Å². The Kier molecular flexibility index (Phi) is 5.83. The van der Waals surface area contributed by atoms with E-state index in [1.54, 1.807) is 24.3 Å². The molecule has 2 atom stereocenters. The van der Waals surface area contributed by atoms with Gasteiger partial charge in [0.15, 0.2) is 0 Å². The molecule has 19 heavy (non-hydrogen) atoms. The fourth-order valence-electron chi connectivity index (χ4n) is 1.65. The molecule has 0 spiro atoms. The number of ether oxygens (including phenoxy) is 1. The molecule has 1 aromatic carbocycles. The molecule has 0 aromatic heterocycles. The second-order valence-corrected chi connectivity index (χ2v) is 4.81. The molecule has 0 aliphatic carbocycles. The highest BCUT2D eigenvalue weighted by molar-refractivity contribution is 6.30. The van der Waals surface area contributed by atoms with Gasteiger partial charge in [0.25, 0.3) is 5.91 Å². The highest BCUT2D eigenvalue weighted by Gasteiger charge is 2.26. The third-order valence-corrected chi connectivity index (χ3v) is 3.28. The topological polar surface area (TPSA) is 55.4 Å². The molecule has 5 heteroatoms. The molecule has 0 saturated heterocycles. The molecule has 1 aromatic rings. The van der Waals surface area contributed by atoms with Gasteiger partial charge in [0.05, 0.1) is 7.11 Å². The summed E-state index contributed by atoms with van der Waals surface area (Å²) in [6.07, 6.45) is 0.760. The van der Waals surface area contributed by atoms with Gasteiger partial charge in [-0.05, 0) is 24.1 Å². The van der Waals surface area contributed by atoms with Crippen molar-refractivity contribution >= 4 is 23.5 Å². The number of esters is 1. The fourth-order valence-corrected chi connectivity index (χ4v) is 1.84. The number of carbonyl (C=O) groups excluding carboxylic acids is 2. The van der Waals surface area contributed by atoms with Gasteiger partial charge in [-0.3, -0.25) is 4.79 Å². The summed E-state index contributed by atoms with van der Waals surface area (Å²) in [6, 6.07) is 5.92. The summed E-state index contributed by atoms with van der Waals surface area (Å²) >= 11 is 5.83. The molecule has 0 heterocycles. The summed E-state index contributed by atoms with van der Waals surface area (Å²) in [4.78, 5) is 23.8. The maximum Gasteiger partial charge on any atom is 0.328 e. The molecule has 0 aliphatic heterocycles. The molecule has 0 fully saturated rings. The maximum absolute atomic E-state index is 12.1. The van der Waals surface area contributed by atoms with Gasteiger partial charge in [0.2, 0.25) is 0 Å². The molecule has 4 nitrogen and oxygen atoms in total. The Morgan fingerprint density at radius 1 is 1.42 bits per heavy atom. The zero-order chi connectivity index (χ0) is 14.4. The van der Waals surface area contributed by atoms with Gasteiger partial charge < -0.3 is 10.1 Å². The summed E-state index contributed by atoms with van der Waals surface area (Å²) in [7, 11) is 1.31. The number of rotatable bonds is 5. The van der Waals surface area contributed by atoms with E-state index in [0.717, 1.165) is 6.42 Å². The van der Waals surface area contributed by atoms with Crippen LogP contribution in [0.2, 0.25) is 5.02 Å². The molecule has 0 unspecified atom stereocenters. The van der Waals surface area contributed by atoms with Crippen molar-refractivity contribution in [2.75, 3.05) is 7.11 Å². The van der Waals surface area contributed by atoms with Gasteiger partial charge in [-0.15, -0.1) is 0 Å². The Balaban J connectivity index is 2.84. The lowest BCUT2D eigenvalue weighted by molar-refractivity contribution is -0.144. The first-order valence-electron chi connectivity index (χ1n) is 6.13. The average Bonchev–Trinajstić information content (AvgIpc) is 2.42. The van der Waals surface area contributed by atoms with Crippen LogP contribution >= 0.6 is 11.6 Å². The van der Waals surface area contributed by atoms with Gasteiger partial charge in [-0.2, -0.15) is 0 Å². The van der Waals surface area contributed by atoms with Crippen LogP contribution in [0.3, 0.4) is 0 Å². The molecule has 0 aliphatic rings. The Morgan fingerprint density at radius 2 is 2.11 bits per heavy atom. The highest BCUT2D eigenvalue weighted by atomic mass is 35.5. The van der Waals surface area contributed by atoms with Crippen molar-refractivity contribution in [3.63, 3.8) is 0 Å². The Hall–Kier alpha value is -1.55. The van der Waals surface area contributed by atoms with Crippen LogP contribution < -0.4 is 5.32 Å². The van der Waals surface area contributed by atoms with Crippen molar-refractivity contribution in [3.05, 3.63) is 34.9 Å². The molecule has 1 N–H and O–H groups in total. The van der Waals surface area contributed by atoms with Crippen molar-refractivity contribution in [3.8, 4) is 0 Å². The number of carbonyl (C=O) groups is 2. The lowest BCUT2D eigenvalue weighted by atomic mass is 9.99. The Morgan fingerprint density at radius 3 is 2.63 bits per heavy atom. The number of nitrogens with one attached hydrogen (secondary N) is 1. The average molecular weight is 284 g/mol. The van der Waals surface area contributed by atoms with Gasteiger partial charge in [0, 0.05) is 10.6 Å². The van der Waals surface area contributed by atoms with E-state index in [4.69, 9.17) is 16.3 Å². The van der Waals surface area contributed by atoms with E-state index in [1.165, 1.54) is 7.11 Å². The standard InChI is InChI=1S/C14H18ClNO3/c1-4-9(2)12(14(18)19-3)16-13(17)10-6-5-7-11(15)8-10/h5-9,12H,4H2,1-3H3,(H,16,17)/t9-,12+/m0/s1. The van der Waals surface area contributed by atoms with E-state index in [0.29, 0.717) is 10.6 Å². The third-order valence-electron chi connectivity index (χ3n) is 3.04. The predicted octanol–water partition coefficient (Wildman–Crippen LogP) is 2.66. The summed E-state index contributed by atoms with van der Waals surface area (Å²) in [5.41, 5.74) is 0.421. The predicted molar refractivity (Wildman–Crippen MR) is 74.2 cm³/mol. The van der Waals surface area contributed by atoms with E-state index in [-0.39, 0.29) is 11.8 Å². The second kappa shape index (κ2) is 7.14. The first-order valence-corrected chi connectivity index (χ1v) is 6.51. The Labute approximate surface area is 118 Å². The van der Waals surface area contributed by atoms with E-state index >= 15 is 0 Å². The van der Waals surface area contributed by atoms with Crippen LogP contribution in [0.1, 0.15) is 30.6 Å². The van der Waals surface area contributed by atoms with Gasteiger partial charge in [-0.1, -0.05) is 37.9 Å². The van der Waals surface area contributed by atoms with Gasteiger partial charge in [-0.25, -0.2) is 4.79 Å². The number of methoxy groups -OCH3 is 1. The van der Waals surface area contributed by atoms with Crippen molar-refractivity contribution in [1.29, 1.82) is 0 Å². The van der Waals surface area contributed by atoms with Crippen molar-refractivity contribution in [2.24, 2.45) is 5.92 Å². The summed E-state index contributed by atoms with van der Waals surface area (Å²) < 4.78 is 4.72. The molecule has 1 rings (SSSR count). The quantitative estimate of drug-likeness (QED) is 0.845. The normalized spacial score (nSPS) is 13.5. The molecule has 0 radical (unpaired) electrons. The van der Waals surface area contributed by atoms with Crippen molar-refractivity contribution in [2.45, 2.75) is 26.3 Å². The van der Waals surface area contributed by atoms with Crippen LogP contribution in [-0.2, 0) is 9.53 Å². The van der Waals surface area contributed by atoms with Gasteiger partial charge in [0.1, 0.15) is 6.04 Å². The van der Waals surface area contributed by atoms with E-state index in [1.807, 2.05) is 13.8 Å². The smallest absolute Gasteiger partial charge is 0.328 e. The van der Waals surface area contributed by atoms with Crippen molar-refractivity contribution in [1.82, 2.24) is 5.32 Å². The third kappa shape index (κ3) is 4.24. The first-order chi connectivity index (χ1) is 8.99. The fraction of sp³-hybridized carbons (Fsp3) is 0.429. The summed E-state index contributed by atoms with van der Waals surface area (Å²) in [5, 5.41) is 3.17. The minimum absolute atomic E-state index is 0.00409. The number of hydrogen-bond donors (Lipinski definition) is 1. The van der Waals surface area contributed by atoms with Crippen LogP contribution in [0.5, 0.6) is 0 Å². The van der Waals surface area contributed by atoms with Gasteiger partial charge >= 0.3 is 5.97 Å². The minimum atomic E-state index is -0.651. The molecule has 0 saturated carbocycles. The number of halogens is 1. The van der Waals surface area contributed by atoms with Crippen LogP contribution in [-0.4, -0.2) is 25.0 Å². The summed E-state index contributed by atoms with van der Waals surface area (Å²) in [6.45, 7) is 3.84. The lowest BCUT2D eigenvalue weighted by Gasteiger charge is -2.21. The molecule has 0 bridgehead atoms. The molecule has 1 amide bonds. The number of amides is 1. The lowest BCUT2D eigenvalue weighted by Crippen LogP contribution is -2.45. The molecule has 104 valence electrons. The van der Waals surface area contributed by atoms with Crippen LogP contribution in [0.25, 0.3) is 0 Å². The van der Waals surface area contributed by atoms with E-state index < -0.39 is 12.0 Å². The number of benzene rings is 1. The molecular formula is C14H18ClNO3. The van der Waals surface area contributed by atoms with Crippen LogP contribution in [0.15, 0.2) is 24.3 Å². The minimum Gasteiger partial charge on any atom is -0.467 e. The molecular weight excluding hydrogens is 266 g/mol. The first kappa shape index (κ1) is 15.5. The highest BCUT2D eigenvalue weighted by Crippen LogP contribution is 2.13. The van der Waals surface area contributed by atoms with Crippen LogP contribution in [0, 0.1) is 5.92 Å². The van der Waals surface area contributed by atoms with Crippen LogP contribution in [0.4, 0.5) is 0 Å². The monoisotopic (exact) mass is 283 g/mol. The van der Waals surface area contributed by atoms with Crippen molar-refractivity contribution < 1.29 is 14.3 Å². The zero-order valence-corrected chi connectivity index (χ0v) is 12.0. The van der Waals surface area contributed by atoms with E-state index in [9.17, 15) is 9.59 Å². The largest absolute Gasteiger partial charge is 0.467 e. The Bertz CT molecular complexity index is 462. The number of hydrogen-bond acceptors (Lipinski definition) is 3.